The van der Waals surface area contributed by atoms with Gasteiger partial charge < -0.3 is 28.8 Å². The van der Waals surface area contributed by atoms with E-state index in [2.05, 4.69) is 0 Å². The van der Waals surface area contributed by atoms with E-state index >= 15 is 0 Å². The minimum absolute atomic E-state index is 0.0611. The zero-order valence-corrected chi connectivity index (χ0v) is 24.8. The standard InChI is InChI=1S/C37H40O7/c38-34(39)22-21-32-35(41-24-29-15-7-2-8-16-29)37(43-26-31-19-11-4-12-20-31)36(42-25-30-17-9-3-10-18-30)33(44-32)27-40-23-28-13-5-1-6-14-28/h1-20,32-33,35-37H,21-27H2,(H,38,39)/t32-,33-,35+,36-,37-/m1/s1. The van der Waals surface area contributed by atoms with E-state index in [0.717, 1.165) is 22.3 Å². The highest BCUT2D eigenvalue weighted by molar-refractivity contribution is 5.66. The minimum Gasteiger partial charge on any atom is -0.481 e. The molecule has 44 heavy (non-hydrogen) atoms. The quantitative estimate of drug-likeness (QED) is 0.156. The molecule has 230 valence electrons. The van der Waals surface area contributed by atoms with Crippen molar-refractivity contribution in [2.45, 2.75) is 69.8 Å². The van der Waals surface area contributed by atoms with Crippen LogP contribution in [0, 0.1) is 0 Å². The number of carbonyl (C=O) groups is 1. The van der Waals surface area contributed by atoms with Crippen LogP contribution in [-0.4, -0.2) is 48.2 Å². The van der Waals surface area contributed by atoms with Crippen LogP contribution in [0.5, 0.6) is 0 Å². The van der Waals surface area contributed by atoms with Gasteiger partial charge in [-0.3, -0.25) is 4.79 Å². The second kappa shape index (κ2) is 16.9. The summed E-state index contributed by atoms with van der Waals surface area (Å²) < 4.78 is 32.7. The van der Waals surface area contributed by atoms with Crippen LogP contribution >= 0.6 is 0 Å². The first-order valence-corrected chi connectivity index (χ1v) is 15.1. The van der Waals surface area contributed by atoms with E-state index in [4.69, 9.17) is 23.7 Å². The fourth-order valence-corrected chi connectivity index (χ4v) is 5.38. The molecule has 7 nitrogen and oxygen atoms in total. The van der Waals surface area contributed by atoms with Crippen molar-refractivity contribution < 1.29 is 33.6 Å². The van der Waals surface area contributed by atoms with Gasteiger partial charge in [0.1, 0.15) is 24.4 Å². The Hall–Kier alpha value is -3.85. The number of hydrogen-bond donors (Lipinski definition) is 1. The molecular formula is C37H40O7. The van der Waals surface area contributed by atoms with Crippen LogP contribution in [0.2, 0.25) is 0 Å². The summed E-state index contributed by atoms with van der Waals surface area (Å²) in [6.07, 6.45) is -2.54. The van der Waals surface area contributed by atoms with Crippen LogP contribution < -0.4 is 0 Å². The Kier molecular flexibility index (Phi) is 12.1. The zero-order valence-electron chi connectivity index (χ0n) is 24.8. The van der Waals surface area contributed by atoms with E-state index in [9.17, 15) is 9.90 Å². The molecule has 1 heterocycles. The van der Waals surface area contributed by atoms with Crippen LogP contribution in [0.1, 0.15) is 35.1 Å². The molecular weight excluding hydrogens is 556 g/mol. The average Bonchev–Trinajstić information content (AvgIpc) is 3.07. The molecule has 1 fully saturated rings. The van der Waals surface area contributed by atoms with Crippen LogP contribution in [-0.2, 0) is 54.9 Å². The number of benzene rings is 4. The Balaban J connectivity index is 1.42. The first-order chi connectivity index (χ1) is 21.7. The first kappa shape index (κ1) is 31.6. The lowest BCUT2D eigenvalue weighted by Gasteiger charge is -2.46. The molecule has 0 aliphatic carbocycles. The molecule has 1 aliphatic rings. The molecule has 5 atom stereocenters. The van der Waals surface area contributed by atoms with Gasteiger partial charge in [-0.25, -0.2) is 0 Å². The maximum absolute atomic E-state index is 11.7. The molecule has 0 bridgehead atoms. The zero-order chi connectivity index (χ0) is 30.4. The molecule has 4 aromatic carbocycles. The minimum atomic E-state index is -0.892. The van der Waals surface area contributed by atoms with Gasteiger partial charge in [-0.05, 0) is 28.7 Å². The van der Waals surface area contributed by atoms with Crippen molar-refractivity contribution in [1.29, 1.82) is 0 Å². The van der Waals surface area contributed by atoms with Crippen molar-refractivity contribution in [3.63, 3.8) is 0 Å². The summed E-state index contributed by atoms with van der Waals surface area (Å²) >= 11 is 0. The molecule has 1 saturated heterocycles. The summed E-state index contributed by atoms with van der Waals surface area (Å²) in [5.41, 5.74) is 4.09. The van der Waals surface area contributed by atoms with Crippen molar-refractivity contribution in [2.75, 3.05) is 6.61 Å². The van der Waals surface area contributed by atoms with E-state index in [1.807, 2.05) is 121 Å². The van der Waals surface area contributed by atoms with Crippen LogP contribution in [0.3, 0.4) is 0 Å². The molecule has 0 saturated carbocycles. The third kappa shape index (κ3) is 9.58. The van der Waals surface area contributed by atoms with Crippen molar-refractivity contribution >= 4 is 5.97 Å². The molecule has 0 radical (unpaired) electrons. The topological polar surface area (TPSA) is 83.5 Å². The van der Waals surface area contributed by atoms with Crippen LogP contribution in [0.4, 0.5) is 0 Å². The largest absolute Gasteiger partial charge is 0.481 e. The predicted molar refractivity (Wildman–Crippen MR) is 167 cm³/mol. The summed E-state index contributed by atoms with van der Waals surface area (Å²) in [5, 5.41) is 9.57. The Bertz CT molecular complexity index is 1370. The van der Waals surface area contributed by atoms with Gasteiger partial charge in [0.15, 0.2) is 0 Å². The fraction of sp³-hybridized carbons (Fsp3) is 0.324. The summed E-state index contributed by atoms with van der Waals surface area (Å²) in [6, 6.07) is 39.8. The van der Waals surface area contributed by atoms with Gasteiger partial charge in [-0.2, -0.15) is 0 Å². The van der Waals surface area contributed by atoms with Gasteiger partial charge in [-0.15, -0.1) is 0 Å². The molecule has 1 aliphatic heterocycles. The fourth-order valence-electron chi connectivity index (χ4n) is 5.38. The summed E-state index contributed by atoms with van der Waals surface area (Å²) in [7, 11) is 0. The molecule has 1 N–H and O–H groups in total. The second-order valence-corrected chi connectivity index (χ2v) is 10.9. The third-order valence-corrected chi connectivity index (χ3v) is 7.62. The van der Waals surface area contributed by atoms with E-state index in [1.54, 1.807) is 0 Å². The number of aliphatic carboxylic acids is 1. The van der Waals surface area contributed by atoms with Crippen molar-refractivity contribution in [1.82, 2.24) is 0 Å². The number of carboxylic acid groups (broad SMARTS) is 1. The monoisotopic (exact) mass is 596 g/mol. The Labute approximate surface area is 259 Å². The Morgan fingerprint density at radius 1 is 0.545 bits per heavy atom. The highest BCUT2D eigenvalue weighted by atomic mass is 16.6. The van der Waals surface area contributed by atoms with Gasteiger partial charge in [0.05, 0.1) is 39.1 Å². The molecule has 5 rings (SSSR count). The molecule has 0 unspecified atom stereocenters. The average molecular weight is 597 g/mol. The second-order valence-electron chi connectivity index (χ2n) is 10.9. The Morgan fingerprint density at radius 3 is 1.36 bits per heavy atom. The van der Waals surface area contributed by atoms with E-state index < -0.39 is 36.5 Å². The summed E-state index contributed by atoms with van der Waals surface area (Å²) in [4.78, 5) is 11.7. The van der Waals surface area contributed by atoms with Crippen molar-refractivity contribution in [2.24, 2.45) is 0 Å². The lowest BCUT2D eigenvalue weighted by Crippen LogP contribution is -2.61. The van der Waals surface area contributed by atoms with Gasteiger partial charge >= 0.3 is 5.97 Å². The Morgan fingerprint density at radius 2 is 0.932 bits per heavy atom. The highest BCUT2D eigenvalue weighted by Crippen LogP contribution is 2.33. The van der Waals surface area contributed by atoms with Gasteiger partial charge in [0.2, 0.25) is 0 Å². The molecule has 0 spiro atoms. The van der Waals surface area contributed by atoms with Gasteiger partial charge in [-0.1, -0.05) is 121 Å². The number of carboxylic acids is 1. The summed E-state index contributed by atoms with van der Waals surface area (Å²) in [6.45, 7) is 1.67. The SMILES string of the molecule is O=C(O)CC[C@H]1O[C@H](COCc2ccccc2)[C@@H](OCc2ccccc2)[C@H](OCc2ccccc2)[C@H]1OCc1ccccc1. The van der Waals surface area contributed by atoms with Gasteiger partial charge in [0.25, 0.3) is 0 Å². The predicted octanol–water partition coefficient (Wildman–Crippen LogP) is 6.59. The van der Waals surface area contributed by atoms with Crippen molar-refractivity contribution in [3.8, 4) is 0 Å². The molecule has 4 aromatic rings. The van der Waals surface area contributed by atoms with Gasteiger partial charge in [0, 0.05) is 6.42 Å². The van der Waals surface area contributed by atoms with Crippen LogP contribution in [0.15, 0.2) is 121 Å². The van der Waals surface area contributed by atoms with E-state index in [-0.39, 0.29) is 19.4 Å². The lowest BCUT2D eigenvalue weighted by atomic mass is 9.91. The number of hydrogen-bond acceptors (Lipinski definition) is 6. The summed E-state index contributed by atoms with van der Waals surface area (Å²) in [5.74, 6) is -0.892. The molecule has 7 heteroatoms. The maximum Gasteiger partial charge on any atom is 0.303 e. The van der Waals surface area contributed by atoms with E-state index in [0.29, 0.717) is 26.4 Å². The van der Waals surface area contributed by atoms with E-state index in [1.165, 1.54) is 0 Å². The molecule has 0 aromatic heterocycles. The maximum atomic E-state index is 11.7. The van der Waals surface area contributed by atoms with Crippen LogP contribution in [0.25, 0.3) is 0 Å². The third-order valence-electron chi connectivity index (χ3n) is 7.62. The number of rotatable bonds is 16. The smallest absolute Gasteiger partial charge is 0.303 e. The normalized spacial score (nSPS) is 21.6. The highest BCUT2D eigenvalue weighted by Gasteiger charge is 2.48. The lowest BCUT2D eigenvalue weighted by molar-refractivity contribution is -0.273. The van der Waals surface area contributed by atoms with Crippen molar-refractivity contribution in [3.05, 3.63) is 144 Å². The first-order valence-electron chi connectivity index (χ1n) is 15.1. The number of ether oxygens (including phenoxy) is 5. The molecule has 0 amide bonds.